The molecule has 6 nitrogen and oxygen atoms in total. The zero-order chi connectivity index (χ0) is 21.1. The second kappa shape index (κ2) is 8.22. The van der Waals surface area contributed by atoms with Crippen LogP contribution in [0.25, 0.3) is 11.4 Å². The molecule has 0 saturated heterocycles. The third kappa shape index (κ3) is 4.48. The number of carbonyl (C=O) groups excluding carboxylic acids is 1. The first-order valence-corrected chi connectivity index (χ1v) is 8.87. The van der Waals surface area contributed by atoms with Gasteiger partial charge in [0.2, 0.25) is 11.8 Å². The topological polar surface area (TPSA) is 87.2 Å². The van der Waals surface area contributed by atoms with Gasteiger partial charge in [0.25, 0.3) is 5.56 Å². The van der Waals surface area contributed by atoms with Gasteiger partial charge in [-0.15, -0.1) is 0 Å². The zero-order valence-electron chi connectivity index (χ0n) is 15.9. The summed E-state index contributed by atoms with van der Waals surface area (Å²) in [4.78, 5) is 28.3. The summed E-state index contributed by atoms with van der Waals surface area (Å²) in [5.74, 6) is -1.67. The maximum atomic E-state index is 13.8. The molecule has 8 heteroatoms. The number of nitrogens with zero attached hydrogens (tertiary/aromatic N) is 2. The van der Waals surface area contributed by atoms with Crippen LogP contribution in [-0.4, -0.2) is 15.5 Å². The Morgan fingerprint density at radius 1 is 1.14 bits per heavy atom. The van der Waals surface area contributed by atoms with E-state index in [1.165, 1.54) is 28.8 Å². The van der Waals surface area contributed by atoms with Crippen molar-refractivity contribution in [1.82, 2.24) is 9.55 Å². The van der Waals surface area contributed by atoms with Gasteiger partial charge in [0.15, 0.2) is 0 Å². The van der Waals surface area contributed by atoms with Crippen molar-refractivity contribution < 1.29 is 18.3 Å². The van der Waals surface area contributed by atoms with Crippen molar-refractivity contribution in [1.29, 1.82) is 0 Å². The molecule has 29 heavy (non-hydrogen) atoms. The van der Waals surface area contributed by atoms with Crippen LogP contribution >= 0.6 is 0 Å². The molecule has 150 valence electrons. The highest BCUT2D eigenvalue weighted by atomic mass is 19.1. The van der Waals surface area contributed by atoms with Crippen LogP contribution in [0, 0.1) is 11.6 Å². The third-order valence-corrected chi connectivity index (χ3v) is 4.26. The normalized spacial score (nSPS) is 10.9. The Morgan fingerprint density at radius 3 is 2.41 bits per heavy atom. The quantitative estimate of drug-likeness (QED) is 0.688. The lowest BCUT2D eigenvalue weighted by Crippen LogP contribution is -2.24. The summed E-state index contributed by atoms with van der Waals surface area (Å²) >= 11 is 0. The summed E-state index contributed by atoms with van der Waals surface area (Å²) in [6.45, 7) is 3.45. The number of hydrogen-bond donors (Lipinski definition) is 1. The highest BCUT2D eigenvalue weighted by Gasteiger charge is 2.15. The van der Waals surface area contributed by atoms with Gasteiger partial charge in [-0.1, -0.05) is 12.1 Å². The van der Waals surface area contributed by atoms with E-state index in [1.807, 2.05) is 13.8 Å². The second-order valence-corrected chi connectivity index (χ2v) is 6.69. The van der Waals surface area contributed by atoms with Crippen LogP contribution in [0.4, 0.5) is 8.78 Å². The molecule has 0 aliphatic carbocycles. The molecule has 0 aliphatic rings. The number of aromatic nitrogens is 2. The van der Waals surface area contributed by atoms with E-state index in [0.29, 0.717) is 17.0 Å². The Labute approximate surface area is 165 Å². The molecule has 0 saturated carbocycles. The lowest BCUT2D eigenvalue weighted by Gasteiger charge is -2.17. The molecule has 0 aliphatic heterocycles. The number of ether oxygens (including phenoxy) is 1. The molecular weight excluding hydrogens is 380 g/mol. The van der Waals surface area contributed by atoms with E-state index in [-0.39, 0.29) is 29.7 Å². The Balaban J connectivity index is 1.97. The largest absolute Gasteiger partial charge is 0.472 e. The van der Waals surface area contributed by atoms with E-state index >= 15 is 0 Å². The Bertz CT molecular complexity index is 1110. The van der Waals surface area contributed by atoms with Gasteiger partial charge in [-0.2, -0.15) is 4.98 Å². The van der Waals surface area contributed by atoms with Crippen molar-refractivity contribution in [3.63, 3.8) is 0 Å². The molecule has 1 aromatic heterocycles. The maximum absolute atomic E-state index is 13.8. The molecular formula is C21H19F2N3O3. The summed E-state index contributed by atoms with van der Waals surface area (Å²) in [6.07, 6.45) is 0. The van der Waals surface area contributed by atoms with Crippen molar-refractivity contribution in [2.24, 2.45) is 5.73 Å². The minimum Gasteiger partial charge on any atom is -0.472 e. The lowest BCUT2D eigenvalue weighted by molar-refractivity contribution is 0.100. The number of nitrogens with two attached hydrogens (primary N) is 1. The van der Waals surface area contributed by atoms with Gasteiger partial charge in [-0.05, 0) is 38.1 Å². The van der Waals surface area contributed by atoms with Crippen LogP contribution in [0.15, 0.2) is 53.3 Å². The average Bonchev–Trinajstić information content (AvgIpc) is 2.66. The summed E-state index contributed by atoms with van der Waals surface area (Å²) < 4.78 is 33.8. The summed E-state index contributed by atoms with van der Waals surface area (Å²) in [6, 6.07) is 10.5. The first-order valence-electron chi connectivity index (χ1n) is 8.87. The number of primary amides is 1. The van der Waals surface area contributed by atoms with Gasteiger partial charge >= 0.3 is 0 Å². The highest BCUT2D eigenvalue weighted by molar-refractivity contribution is 5.93. The predicted molar refractivity (Wildman–Crippen MR) is 104 cm³/mol. The van der Waals surface area contributed by atoms with Crippen LogP contribution in [0.2, 0.25) is 0 Å². The van der Waals surface area contributed by atoms with Crippen molar-refractivity contribution in [2.75, 3.05) is 0 Å². The van der Waals surface area contributed by atoms with E-state index < -0.39 is 17.5 Å². The summed E-state index contributed by atoms with van der Waals surface area (Å²) in [7, 11) is 0. The van der Waals surface area contributed by atoms with Crippen molar-refractivity contribution in [2.45, 2.75) is 26.5 Å². The predicted octanol–water partition coefficient (Wildman–Crippen LogP) is 3.45. The Morgan fingerprint density at radius 2 is 1.83 bits per heavy atom. The fourth-order valence-electron chi connectivity index (χ4n) is 2.82. The second-order valence-electron chi connectivity index (χ2n) is 6.69. The van der Waals surface area contributed by atoms with Crippen molar-refractivity contribution in [3.05, 3.63) is 81.6 Å². The van der Waals surface area contributed by atoms with Gasteiger partial charge in [-0.25, -0.2) is 8.78 Å². The molecule has 0 radical (unpaired) electrons. The smallest absolute Gasteiger partial charge is 0.257 e. The summed E-state index contributed by atoms with van der Waals surface area (Å²) in [5, 5.41) is 0. The monoisotopic (exact) mass is 399 g/mol. The van der Waals surface area contributed by atoms with Gasteiger partial charge in [0, 0.05) is 28.8 Å². The standard InChI is InChI=1S/C21H19F2N3O3/c1-12(2)26-19(27)10-18(29-11-15-7-8-16(22)9-17(15)23)25-21(26)14-5-3-13(4-6-14)20(24)28/h3-10,12H,11H2,1-2H3,(H2,24,28). The van der Waals surface area contributed by atoms with E-state index in [0.717, 1.165) is 12.1 Å². The molecule has 1 heterocycles. The fourth-order valence-corrected chi connectivity index (χ4v) is 2.82. The number of halogens is 2. The minimum atomic E-state index is -0.747. The molecule has 0 unspecified atom stereocenters. The maximum Gasteiger partial charge on any atom is 0.257 e. The minimum absolute atomic E-state index is 0.00426. The number of hydrogen-bond acceptors (Lipinski definition) is 4. The molecule has 3 aromatic rings. The Hall–Kier alpha value is -3.55. The van der Waals surface area contributed by atoms with E-state index in [9.17, 15) is 18.4 Å². The molecule has 0 bridgehead atoms. The highest BCUT2D eigenvalue weighted by Crippen LogP contribution is 2.22. The number of rotatable bonds is 6. The Kier molecular flexibility index (Phi) is 5.72. The van der Waals surface area contributed by atoms with E-state index in [2.05, 4.69) is 4.98 Å². The summed E-state index contributed by atoms with van der Waals surface area (Å²) in [5.41, 5.74) is 5.95. The van der Waals surface area contributed by atoms with Crippen molar-refractivity contribution >= 4 is 5.91 Å². The molecule has 0 atom stereocenters. The molecule has 0 spiro atoms. The first kappa shape index (κ1) is 20.2. The van der Waals surface area contributed by atoms with E-state index in [1.54, 1.807) is 12.1 Å². The SMILES string of the molecule is CC(C)n1c(-c2ccc(C(N)=O)cc2)nc(OCc2ccc(F)cc2F)cc1=O. The van der Waals surface area contributed by atoms with Crippen LogP contribution in [-0.2, 0) is 6.61 Å². The van der Waals surface area contributed by atoms with Crippen LogP contribution in [0.1, 0.15) is 35.8 Å². The third-order valence-electron chi connectivity index (χ3n) is 4.26. The van der Waals surface area contributed by atoms with Crippen LogP contribution < -0.4 is 16.0 Å². The van der Waals surface area contributed by atoms with Crippen LogP contribution in [0.5, 0.6) is 5.88 Å². The van der Waals surface area contributed by atoms with Gasteiger partial charge < -0.3 is 10.5 Å². The lowest BCUT2D eigenvalue weighted by atomic mass is 10.1. The molecule has 1 amide bonds. The zero-order valence-corrected chi connectivity index (χ0v) is 15.9. The fraction of sp³-hybridized carbons (Fsp3) is 0.190. The van der Waals surface area contributed by atoms with Gasteiger partial charge in [0.05, 0.1) is 6.07 Å². The molecule has 0 fully saturated rings. The number of carbonyl (C=O) groups is 1. The van der Waals surface area contributed by atoms with Gasteiger partial charge in [-0.3, -0.25) is 14.2 Å². The molecule has 2 N–H and O–H groups in total. The molecule has 2 aromatic carbocycles. The van der Waals surface area contributed by atoms with Crippen LogP contribution in [0.3, 0.4) is 0 Å². The van der Waals surface area contributed by atoms with Crippen molar-refractivity contribution in [3.8, 4) is 17.3 Å². The number of benzene rings is 2. The molecule has 3 rings (SSSR count). The first-order chi connectivity index (χ1) is 13.8. The average molecular weight is 399 g/mol. The number of amides is 1. The van der Waals surface area contributed by atoms with Gasteiger partial charge in [0.1, 0.15) is 24.1 Å². The van der Waals surface area contributed by atoms with E-state index in [4.69, 9.17) is 10.5 Å².